The van der Waals surface area contributed by atoms with E-state index in [0.717, 1.165) is 39.6 Å². The van der Waals surface area contributed by atoms with Crippen molar-refractivity contribution in [2.24, 2.45) is 0 Å². The Labute approximate surface area is 169 Å². The van der Waals surface area contributed by atoms with Crippen molar-refractivity contribution in [3.05, 3.63) is 70.9 Å². The molecule has 0 spiro atoms. The van der Waals surface area contributed by atoms with Gasteiger partial charge in [0.2, 0.25) is 5.91 Å². The highest BCUT2D eigenvalue weighted by molar-refractivity contribution is 8.00. The van der Waals surface area contributed by atoms with Gasteiger partial charge in [0.1, 0.15) is 11.6 Å². The number of rotatable bonds is 4. The van der Waals surface area contributed by atoms with E-state index in [-0.39, 0.29) is 11.2 Å². The second kappa shape index (κ2) is 7.72. The molecule has 1 aliphatic rings. The van der Waals surface area contributed by atoms with E-state index in [1.165, 1.54) is 0 Å². The third-order valence-electron chi connectivity index (χ3n) is 4.85. The molecule has 4 rings (SSSR count). The normalized spacial score (nSPS) is 16.2. The van der Waals surface area contributed by atoms with Crippen LogP contribution in [-0.4, -0.2) is 28.0 Å². The van der Waals surface area contributed by atoms with Crippen LogP contribution >= 0.6 is 11.8 Å². The number of benzene rings is 2. The number of para-hydroxylation sites is 1. The standard InChI is InChI=1S/C22H23N3O2S/c1-4-27-17-11-9-16(10-12-17)21-20-15(3)24-25(18-8-6-5-7-14(18)2)22(20)23-19(26)13-28-21/h5-12,21H,4,13H2,1-3H3,(H,23,26). The number of nitrogens with zero attached hydrogens (tertiary/aromatic N) is 2. The van der Waals surface area contributed by atoms with E-state index in [9.17, 15) is 4.79 Å². The summed E-state index contributed by atoms with van der Waals surface area (Å²) in [4.78, 5) is 12.4. The number of ether oxygens (including phenoxy) is 1. The maximum Gasteiger partial charge on any atom is 0.235 e. The molecule has 5 nitrogen and oxygen atoms in total. The molecule has 2 aromatic carbocycles. The van der Waals surface area contributed by atoms with Gasteiger partial charge in [-0.1, -0.05) is 30.3 Å². The van der Waals surface area contributed by atoms with Crippen LogP contribution in [0.15, 0.2) is 48.5 Å². The van der Waals surface area contributed by atoms with Crippen molar-refractivity contribution >= 4 is 23.5 Å². The van der Waals surface area contributed by atoms with Crippen LogP contribution in [0.25, 0.3) is 5.69 Å². The number of anilines is 1. The van der Waals surface area contributed by atoms with Crippen LogP contribution in [0.4, 0.5) is 5.82 Å². The molecule has 0 fully saturated rings. The molecular weight excluding hydrogens is 370 g/mol. The van der Waals surface area contributed by atoms with Gasteiger partial charge in [-0.25, -0.2) is 4.68 Å². The number of nitrogens with one attached hydrogen (secondary N) is 1. The minimum atomic E-state index is -0.00517. The molecule has 1 aromatic heterocycles. The average molecular weight is 394 g/mol. The molecule has 6 heteroatoms. The predicted octanol–water partition coefficient (Wildman–Crippen LogP) is 4.66. The summed E-state index contributed by atoms with van der Waals surface area (Å²) in [6.45, 7) is 6.67. The summed E-state index contributed by atoms with van der Waals surface area (Å²) in [5.41, 5.74) is 5.20. The van der Waals surface area contributed by atoms with E-state index in [1.54, 1.807) is 11.8 Å². The first-order valence-corrected chi connectivity index (χ1v) is 10.4. The number of aryl methyl sites for hydroxylation is 2. The molecule has 0 saturated carbocycles. The molecule has 28 heavy (non-hydrogen) atoms. The lowest BCUT2D eigenvalue weighted by Crippen LogP contribution is -2.16. The summed E-state index contributed by atoms with van der Waals surface area (Å²) in [6.07, 6.45) is 0. The fourth-order valence-electron chi connectivity index (χ4n) is 3.53. The lowest BCUT2D eigenvalue weighted by Gasteiger charge is -2.16. The first-order chi connectivity index (χ1) is 13.6. The highest BCUT2D eigenvalue weighted by Gasteiger charge is 2.30. The van der Waals surface area contributed by atoms with Crippen LogP contribution in [0.3, 0.4) is 0 Å². The van der Waals surface area contributed by atoms with Gasteiger partial charge in [-0.15, -0.1) is 11.8 Å². The largest absolute Gasteiger partial charge is 0.494 e. The van der Waals surface area contributed by atoms with E-state index in [1.807, 2.05) is 48.9 Å². The lowest BCUT2D eigenvalue weighted by molar-refractivity contribution is -0.113. The third kappa shape index (κ3) is 3.40. The van der Waals surface area contributed by atoms with Crippen molar-refractivity contribution in [2.75, 3.05) is 17.7 Å². The molecule has 0 aliphatic carbocycles. The summed E-state index contributed by atoms with van der Waals surface area (Å²) in [5.74, 6) is 2.02. The summed E-state index contributed by atoms with van der Waals surface area (Å²) < 4.78 is 7.43. The van der Waals surface area contributed by atoms with Gasteiger partial charge in [0, 0.05) is 5.56 Å². The number of thioether (sulfide) groups is 1. The van der Waals surface area contributed by atoms with Crippen LogP contribution in [0.5, 0.6) is 5.75 Å². The highest BCUT2D eigenvalue weighted by atomic mass is 32.2. The van der Waals surface area contributed by atoms with Crippen molar-refractivity contribution in [1.82, 2.24) is 9.78 Å². The number of fused-ring (bicyclic) bond motifs is 1. The first kappa shape index (κ1) is 18.6. The SMILES string of the molecule is CCOc1ccc(C2SCC(=O)Nc3c2c(C)nn3-c2ccccc2C)cc1. The first-order valence-electron chi connectivity index (χ1n) is 9.38. The zero-order chi connectivity index (χ0) is 19.7. The Morgan fingerprint density at radius 3 is 2.64 bits per heavy atom. The van der Waals surface area contributed by atoms with Gasteiger partial charge in [0.15, 0.2) is 0 Å². The summed E-state index contributed by atoms with van der Waals surface area (Å²) in [6, 6.07) is 16.2. The Bertz CT molecular complexity index is 1010. The van der Waals surface area contributed by atoms with Crippen molar-refractivity contribution in [2.45, 2.75) is 26.0 Å². The molecule has 0 saturated heterocycles. The zero-order valence-electron chi connectivity index (χ0n) is 16.2. The second-order valence-corrected chi connectivity index (χ2v) is 7.88. The number of carbonyl (C=O) groups is 1. The molecule has 1 unspecified atom stereocenters. The topological polar surface area (TPSA) is 56.1 Å². The predicted molar refractivity (Wildman–Crippen MR) is 114 cm³/mol. The van der Waals surface area contributed by atoms with E-state index in [4.69, 9.17) is 9.84 Å². The fourth-order valence-corrected chi connectivity index (χ4v) is 4.72. The maximum atomic E-state index is 12.4. The molecule has 1 aliphatic heterocycles. The molecule has 0 bridgehead atoms. The van der Waals surface area contributed by atoms with Crippen molar-refractivity contribution < 1.29 is 9.53 Å². The fraction of sp³-hybridized carbons (Fsp3) is 0.273. The van der Waals surface area contributed by atoms with Crippen LogP contribution in [-0.2, 0) is 4.79 Å². The Hall–Kier alpha value is -2.73. The van der Waals surface area contributed by atoms with E-state index < -0.39 is 0 Å². The van der Waals surface area contributed by atoms with Gasteiger partial charge in [-0.05, 0) is 50.1 Å². The highest BCUT2D eigenvalue weighted by Crippen LogP contribution is 2.44. The van der Waals surface area contributed by atoms with Gasteiger partial charge >= 0.3 is 0 Å². The molecule has 1 amide bonds. The number of aromatic nitrogens is 2. The van der Waals surface area contributed by atoms with Crippen molar-refractivity contribution in [3.63, 3.8) is 0 Å². The van der Waals surface area contributed by atoms with Crippen LogP contribution in [0.1, 0.15) is 34.6 Å². The van der Waals surface area contributed by atoms with Crippen LogP contribution in [0.2, 0.25) is 0 Å². The van der Waals surface area contributed by atoms with E-state index >= 15 is 0 Å². The lowest BCUT2D eigenvalue weighted by atomic mass is 10.0. The third-order valence-corrected chi connectivity index (χ3v) is 6.12. The van der Waals surface area contributed by atoms with Gasteiger partial charge in [0.25, 0.3) is 0 Å². The average Bonchev–Trinajstić information content (AvgIpc) is 2.89. The smallest absolute Gasteiger partial charge is 0.235 e. The van der Waals surface area contributed by atoms with E-state index in [2.05, 4.69) is 30.4 Å². The molecule has 1 N–H and O–H groups in total. The summed E-state index contributed by atoms with van der Waals surface area (Å²) in [7, 11) is 0. The molecular formula is C22H23N3O2S. The number of hydrogen-bond donors (Lipinski definition) is 1. The van der Waals surface area contributed by atoms with Crippen molar-refractivity contribution in [3.8, 4) is 11.4 Å². The summed E-state index contributed by atoms with van der Waals surface area (Å²) >= 11 is 1.63. The Balaban J connectivity index is 1.83. The van der Waals surface area contributed by atoms with Gasteiger partial charge in [-0.3, -0.25) is 4.79 Å². The van der Waals surface area contributed by atoms with Gasteiger partial charge in [-0.2, -0.15) is 5.10 Å². The van der Waals surface area contributed by atoms with Crippen molar-refractivity contribution in [1.29, 1.82) is 0 Å². The Kier molecular flexibility index (Phi) is 5.13. The number of carbonyl (C=O) groups excluding carboxylic acids is 1. The molecule has 1 atom stereocenters. The molecule has 144 valence electrons. The van der Waals surface area contributed by atoms with Gasteiger partial charge < -0.3 is 10.1 Å². The maximum absolute atomic E-state index is 12.4. The quantitative estimate of drug-likeness (QED) is 0.700. The second-order valence-electron chi connectivity index (χ2n) is 6.79. The molecule has 3 aromatic rings. The van der Waals surface area contributed by atoms with Crippen LogP contribution in [0, 0.1) is 13.8 Å². The van der Waals surface area contributed by atoms with Crippen LogP contribution < -0.4 is 10.1 Å². The minimum Gasteiger partial charge on any atom is -0.494 e. The monoisotopic (exact) mass is 393 g/mol. The minimum absolute atomic E-state index is 0.00517. The van der Waals surface area contributed by atoms with E-state index in [0.29, 0.717) is 12.4 Å². The number of amides is 1. The number of hydrogen-bond acceptors (Lipinski definition) is 4. The zero-order valence-corrected chi connectivity index (χ0v) is 17.0. The Morgan fingerprint density at radius 2 is 1.93 bits per heavy atom. The summed E-state index contributed by atoms with van der Waals surface area (Å²) in [5, 5.41) is 7.90. The molecule has 0 radical (unpaired) electrons. The molecule has 2 heterocycles. The van der Waals surface area contributed by atoms with Gasteiger partial charge in [0.05, 0.1) is 29.0 Å². The Morgan fingerprint density at radius 1 is 1.18 bits per heavy atom.